The summed E-state index contributed by atoms with van der Waals surface area (Å²) in [5, 5.41) is 72.8. The molecule has 48 heavy (non-hydrogen) atoms. The van der Waals surface area contributed by atoms with Crippen LogP contribution < -0.4 is 4.74 Å². The summed E-state index contributed by atoms with van der Waals surface area (Å²) in [5.41, 5.74) is 2.80. The summed E-state index contributed by atoms with van der Waals surface area (Å²) < 4.78 is 11.2. The predicted octanol–water partition coefficient (Wildman–Crippen LogP) is 3.99. The molecule has 6 atom stereocenters. The minimum atomic E-state index is -1.84. The zero-order valence-electron chi connectivity index (χ0n) is 26.6. The molecule has 1 saturated heterocycles. The third-order valence-corrected chi connectivity index (χ3v) is 9.11. The van der Waals surface area contributed by atoms with Gasteiger partial charge in [-0.2, -0.15) is 0 Å². The number of ether oxygens (including phenoxy) is 2. The molecule has 0 aromatic heterocycles. The van der Waals surface area contributed by atoms with Crippen LogP contribution >= 0.6 is 0 Å². The first kappa shape index (κ1) is 34.8. The summed E-state index contributed by atoms with van der Waals surface area (Å²) in [5.74, 6) is -3.08. The molecule has 0 saturated carbocycles. The molecule has 0 spiro atoms. The highest BCUT2D eigenvalue weighted by Gasteiger charge is 2.45. The van der Waals surface area contributed by atoms with Gasteiger partial charge in [-0.25, -0.2) is 4.79 Å². The number of aliphatic hydroxyl groups is 4. The first-order valence-electron chi connectivity index (χ1n) is 15.8. The SMILES string of the molecule is CC[C@H](Cc1ccccc1)c1ccccc1CCC(=O)c1c(C)c(O)c2cc(C(=O)O)cc(O[C@@H]3O[C@H](CO)[C@@H](O)[C@H](O)[C@H]3O)c2c1O. The average Bonchev–Trinajstić information content (AvgIpc) is 3.09. The van der Waals surface area contributed by atoms with Crippen molar-refractivity contribution in [2.45, 2.75) is 76.2 Å². The van der Waals surface area contributed by atoms with E-state index in [0.29, 0.717) is 6.42 Å². The Morgan fingerprint density at radius 3 is 2.27 bits per heavy atom. The van der Waals surface area contributed by atoms with Gasteiger partial charge in [0.1, 0.15) is 41.7 Å². The summed E-state index contributed by atoms with van der Waals surface area (Å²) in [7, 11) is 0. The normalized spacial score (nSPS) is 21.6. The molecule has 0 aliphatic carbocycles. The van der Waals surface area contributed by atoms with Crippen molar-refractivity contribution in [1.29, 1.82) is 0 Å². The Morgan fingerprint density at radius 1 is 0.917 bits per heavy atom. The largest absolute Gasteiger partial charge is 0.507 e. The summed E-state index contributed by atoms with van der Waals surface area (Å²) in [6, 6.07) is 20.2. The topological polar surface area (TPSA) is 194 Å². The Labute approximate surface area is 277 Å². The summed E-state index contributed by atoms with van der Waals surface area (Å²) in [4.78, 5) is 25.8. The van der Waals surface area contributed by atoms with E-state index in [4.69, 9.17) is 9.47 Å². The van der Waals surface area contributed by atoms with Crippen LogP contribution in [0.3, 0.4) is 0 Å². The molecule has 0 radical (unpaired) electrons. The molecule has 0 bridgehead atoms. The summed E-state index contributed by atoms with van der Waals surface area (Å²) in [6.07, 6.45) is -6.32. The molecule has 1 heterocycles. The van der Waals surface area contributed by atoms with E-state index in [2.05, 4.69) is 25.1 Å². The second kappa shape index (κ2) is 14.7. The quantitative estimate of drug-likeness (QED) is 0.0858. The number of rotatable bonds is 12. The van der Waals surface area contributed by atoms with Crippen molar-refractivity contribution in [3.63, 3.8) is 0 Å². The number of phenolic OH excluding ortho intramolecular Hbond substituents is 2. The van der Waals surface area contributed by atoms with E-state index in [1.165, 1.54) is 12.5 Å². The van der Waals surface area contributed by atoms with E-state index in [-0.39, 0.29) is 45.6 Å². The number of hydrogen-bond donors (Lipinski definition) is 7. The van der Waals surface area contributed by atoms with Gasteiger partial charge in [-0.3, -0.25) is 4.79 Å². The number of carbonyl (C=O) groups excluding carboxylic acids is 1. The molecule has 11 heteroatoms. The van der Waals surface area contributed by atoms with Crippen LogP contribution in [0.1, 0.15) is 68.7 Å². The Bertz CT molecular complexity index is 1790. The Balaban J connectivity index is 1.50. The van der Waals surface area contributed by atoms with Crippen molar-refractivity contribution in [3.8, 4) is 17.2 Å². The first-order valence-corrected chi connectivity index (χ1v) is 15.8. The second-order valence-electron chi connectivity index (χ2n) is 12.1. The number of carbonyl (C=O) groups is 2. The van der Waals surface area contributed by atoms with E-state index in [1.54, 1.807) is 0 Å². The molecular formula is C37H40O11. The number of hydrogen-bond acceptors (Lipinski definition) is 10. The highest BCUT2D eigenvalue weighted by Crippen LogP contribution is 2.46. The lowest BCUT2D eigenvalue weighted by Gasteiger charge is -2.39. The van der Waals surface area contributed by atoms with Gasteiger partial charge in [0.15, 0.2) is 5.78 Å². The molecule has 5 rings (SSSR count). The maximum absolute atomic E-state index is 13.8. The monoisotopic (exact) mass is 660 g/mol. The number of ketones is 1. The summed E-state index contributed by atoms with van der Waals surface area (Å²) >= 11 is 0. The molecule has 0 unspecified atom stereocenters. The van der Waals surface area contributed by atoms with Gasteiger partial charge in [0.25, 0.3) is 0 Å². The lowest BCUT2D eigenvalue weighted by Crippen LogP contribution is -2.60. The lowest BCUT2D eigenvalue weighted by atomic mass is 9.85. The Hall–Kier alpha value is -4.52. The predicted molar refractivity (Wildman–Crippen MR) is 176 cm³/mol. The number of carboxylic acid groups (broad SMARTS) is 1. The van der Waals surface area contributed by atoms with E-state index >= 15 is 0 Å². The van der Waals surface area contributed by atoms with Gasteiger partial charge in [0, 0.05) is 17.4 Å². The third-order valence-electron chi connectivity index (χ3n) is 9.11. The average molecular weight is 661 g/mol. The first-order chi connectivity index (χ1) is 23.0. The standard InChI is InChI=1S/C37H40O11/c1-3-21(15-20-9-5-4-6-10-20)24-12-8-7-11-22(24)13-14-26(39)29-19(2)31(40)25-16-23(36(45)46)17-27(30(25)33(29)42)47-37-35(44)34(43)32(41)28(18-38)48-37/h4-12,16-17,21,28,32,34-35,37-38,40-44H,3,13-15,18H2,1-2H3,(H,45,46)/t21-,28-,32-,34+,35-,37-/m1/s1. The smallest absolute Gasteiger partial charge is 0.335 e. The van der Waals surface area contributed by atoms with Crippen molar-refractivity contribution in [1.82, 2.24) is 0 Å². The van der Waals surface area contributed by atoms with Gasteiger partial charge in [0.05, 0.1) is 23.1 Å². The number of phenols is 2. The van der Waals surface area contributed by atoms with Crippen molar-refractivity contribution >= 4 is 22.5 Å². The van der Waals surface area contributed by atoms with Crippen LogP contribution in [0.15, 0.2) is 66.7 Å². The summed E-state index contributed by atoms with van der Waals surface area (Å²) in [6.45, 7) is 2.82. The van der Waals surface area contributed by atoms with Gasteiger partial charge in [-0.05, 0) is 60.9 Å². The number of aromatic hydroxyl groups is 2. The number of Topliss-reactive ketones (excluding diaryl/α,β-unsaturated/α-hetero) is 1. The van der Waals surface area contributed by atoms with Crippen LogP contribution in [0, 0.1) is 6.92 Å². The number of fused-ring (bicyclic) bond motifs is 1. The van der Waals surface area contributed by atoms with Crippen LogP contribution in [-0.4, -0.2) is 84.8 Å². The molecular weight excluding hydrogens is 620 g/mol. The maximum atomic E-state index is 13.8. The molecule has 0 amide bonds. The molecule has 1 aliphatic rings. The molecule has 1 fully saturated rings. The second-order valence-corrected chi connectivity index (χ2v) is 12.1. The highest BCUT2D eigenvalue weighted by molar-refractivity contribution is 6.11. The van der Waals surface area contributed by atoms with Crippen LogP contribution in [0.5, 0.6) is 17.2 Å². The van der Waals surface area contributed by atoms with Crippen molar-refractivity contribution in [3.05, 3.63) is 100 Å². The maximum Gasteiger partial charge on any atom is 0.335 e. The van der Waals surface area contributed by atoms with E-state index in [1.807, 2.05) is 36.4 Å². The number of carboxylic acids is 1. The zero-order chi connectivity index (χ0) is 34.7. The van der Waals surface area contributed by atoms with E-state index in [0.717, 1.165) is 36.1 Å². The molecule has 4 aromatic rings. The van der Waals surface area contributed by atoms with Gasteiger partial charge >= 0.3 is 5.97 Å². The van der Waals surface area contributed by atoms with Crippen LogP contribution in [0.4, 0.5) is 0 Å². The van der Waals surface area contributed by atoms with Gasteiger partial charge in [-0.1, -0.05) is 61.5 Å². The number of aliphatic hydroxyl groups excluding tert-OH is 4. The minimum Gasteiger partial charge on any atom is -0.507 e. The van der Waals surface area contributed by atoms with E-state index in [9.17, 15) is 45.3 Å². The Kier molecular flexibility index (Phi) is 10.7. The zero-order valence-corrected chi connectivity index (χ0v) is 26.6. The van der Waals surface area contributed by atoms with Crippen LogP contribution in [-0.2, 0) is 17.6 Å². The van der Waals surface area contributed by atoms with Gasteiger partial charge in [0.2, 0.25) is 6.29 Å². The lowest BCUT2D eigenvalue weighted by molar-refractivity contribution is -0.277. The minimum absolute atomic E-state index is 0.0196. The van der Waals surface area contributed by atoms with Crippen LogP contribution in [0.2, 0.25) is 0 Å². The van der Waals surface area contributed by atoms with Crippen molar-refractivity contribution < 1.29 is 54.8 Å². The molecule has 11 nitrogen and oxygen atoms in total. The fourth-order valence-corrected chi connectivity index (χ4v) is 6.42. The molecule has 254 valence electrons. The Morgan fingerprint density at radius 2 is 1.60 bits per heavy atom. The van der Waals surface area contributed by atoms with Crippen molar-refractivity contribution in [2.24, 2.45) is 0 Å². The highest BCUT2D eigenvalue weighted by atomic mass is 16.7. The number of aromatic carboxylic acids is 1. The van der Waals surface area contributed by atoms with Crippen LogP contribution in [0.25, 0.3) is 10.8 Å². The van der Waals surface area contributed by atoms with Gasteiger partial charge in [-0.15, -0.1) is 0 Å². The van der Waals surface area contributed by atoms with Gasteiger partial charge < -0.3 is 45.2 Å². The third kappa shape index (κ3) is 6.87. The molecule has 7 N–H and O–H groups in total. The fourth-order valence-electron chi connectivity index (χ4n) is 6.42. The van der Waals surface area contributed by atoms with E-state index < -0.39 is 60.6 Å². The number of benzene rings is 4. The fraction of sp³-hybridized carbons (Fsp3) is 0.351. The molecule has 4 aromatic carbocycles. The number of aryl methyl sites for hydroxylation is 1. The van der Waals surface area contributed by atoms with Crippen molar-refractivity contribution in [2.75, 3.05) is 6.61 Å². The molecule has 1 aliphatic heterocycles.